The minimum Gasteiger partial charge on any atom is -0.326 e. The molecule has 1 fully saturated rings. The van der Waals surface area contributed by atoms with Gasteiger partial charge in [-0.1, -0.05) is 59.8 Å². The summed E-state index contributed by atoms with van der Waals surface area (Å²) in [6.07, 6.45) is 0.889. The zero-order valence-corrected chi connectivity index (χ0v) is 16.4. The number of thioether (sulfide) groups is 1. The first-order chi connectivity index (χ1) is 13.0. The normalized spacial score (nSPS) is 17.8. The maximum atomic E-state index is 12.2. The largest absolute Gasteiger partial charge is 0.326 e. The van der Waals surface area contributed by atoms with Crippen LogP contribution in [0.25, 0.3) is 0 Å². The summed E-state index contributed by atoms with van der Waals surface area (Å²) in [4.78, 5) is 28.7. The number of anilines is 1. The number of halogens is 1. The highest BCUT2D eigenvalue weighted by molar-refractivity contribution is 8.15. The molecule has 0 aliphatic carbocycles. The molecule has 2 amide bonds. The van der Waals surface area contributed by atoms with E-state index in [1.165, 1.54) is 17.3 Å². The Labute approximate surface area is 167 Å². The number of hydrogen-bond donors (Lipinski definition) is 2. The Bertz CT molecular complexity index is 871. The van der Waals surface area contributed by atoms with Crippen LogP contribution < -0.4 is 10.6 Å². The Hall–Kier alpha value is -2.31. The van der Waals surface area contributed by atoms with E-state index in [1.54, 1.807) is 12.1 Å². The van der Waals surface area contributed by atoms with Crippen molar-refractivity contribution in [3.05, 3.63) is 64.7 Å². The fourth-order valence-corrected chi connectivity index (χ4v) is 3.77. The number of aryl methyl sites for hydroxylation is 1. The van der Waals surface area contributed by atoms with Gasteiger partial charge in [0, 0.05) is 23.7 Å². The molecule has 0 radical (unpaired) electrons. The van der Waals surface area contributed by atoms with E-state index in [1.807, 2.05) is 43.3 Å². The fraction of sp³-hybridized carbons (Fsp3) is 0.250. The second-order valence-corrected chi connectivity index (χ2v) is 7.83. The van der Waals surface area contributed by atoms with Crippen molar-refractivity contribution in [2.45, 2.75) is 25.0 Å². The highest BCUT2D eigenvalue weighted by atomic mass is 35.5. The predicted molar refractivity (Wildman–Crippen MR) is 111 cm³/mol. The van der Waals surface area contributed by atoms with E-state index in [0.29, 0.717) is 22.4 Å². The van der Waals surface area contributed by atoms with Gasteiger partial charge in [0.15, 0.2) is 5.17 Å². The van der Waals surface area contributed by atoms with Gasteiger partial charge in [-0.15, -0.1) is 0 Å². The number of nitrogens with one attached hydrogen (secondary N) is 2. The van der Waals surface area contributed by atoms with Gasteiger partial charge in [-0.2, -0.15) is 0 Å². The van der Waals surface area contributed by atoms with Gasteiger partial charge in [-0.05, 0) is 36.6 Å². The van der Waals surface area contributed by atoms with Crippen LogP contribution in [0, 0.1) is 6.92 Å². The van der Waals surface area contributed by atoms with E-state index in [9.17, 15) is 9.59 Å². The van der Waals surface area contributed by atoms with E-state index in [2.05, 4.69) is 15.6 Å². The monoisotopic (exact) mass is 401 g/mol. The molecule has 140 valence electrons. The number of carbonyl (C=O) groups excluding carboxylic acids is 2. The highest BCUT2D eigenvalue weighted by Crippen LogP contribution is 2.24. The van der Waals surface area contributed by atoms with Gasteiger partial charge in [-0.3, -0.25) is 14.6 Å². The van der Waals surface area contributed by atoms with Crippen LogP contribution in [0.3, 0.4) is 0 Å². The molecule has 1 aliphatic rings. The molecule has 1 saturated heterocycles. The minimum atomic E-state index is -0.471. The molecular weight excluding hydrogens is 382 g/mol. The van der Waals surface area contributed by atoms with E-state index >= 15 is 0 Å². The number of hydrogen-bond acceptors (Lipinski definition) is 4. The van der Waals surface area contributed by atoms with Crippen molar-refractivity contribution in [3.63, 3.8) is 0 Å². The molecule has 1 atom stereocenters. The predicted octanol–water partition coefficient (Wildman–Crippen LogP) is 3.81. The summed E-state index contributed by atoms with van der Waals surface area (Å²) in [6.45, 7) is 2.49. The first-order valence-electron chi connectivity index (χ1n) is 8.63. The number of carbonyl (C=O) groups is 2. The Morgan fingerprint density at radius 3 is 2.78 bits per heavy atom. The van der Waals surface area contributed by atoms with Gasteiger partial charge in [0.2, 0.25) is 11.8 Å². The van der Waals surface area contributed by atoms with Crippen molar-refractivity contribution in [1.29, 1.82) is 0 Å². The summed E-state index contributed by atoms with van der Waals surface area (Å²) >= 11 is 7.37. The standard InChI is InChI=1S/C20H20ClN3O2S/c1-13-7-8-15(11-16(13)21)23-18(25)12-17-19(26)24-20(27-17)22-10-9-14-5-3-2-4-6-14/h2-8,11,17H,9-10,12H2,1H3,(H,23,25)(H,22,24,26)/t17-/m0/s1. The Kier molecular flexibility index (Phi) is 6.53. The number of benzene rings is 2. The maximum absolute atomic E-state index is 12.2. The summed E-state index contributed by atoms with van der Waals surface area (Å²) in [5.74, 6) is -0.413. The van der Waals surface area contributed by atoms with Gasteiger partial charge in [-0.25, -0.2) is 0 Å². The van der Waals surface area contributed by atoms with Crippen LogP contribution in [-0.2, 0) is 16.0 Å². The van der Waals surface area contributed by atoms with Crippen molar-refractivity contribution in [2.75, 3.05) is 11.9 Å². The summed E-state index contributed by atoms with van der Waals surface area (Å²) in [5.41, 5.74) is 2.76. The quantitative estimate of drug-likeness (QED) is 0.773. The summed E-state index contributed by atoms with van der Waals surface area (Å²) < 4.78 is 0. The maximum Gasteiger partial charge on any atom is 0.240 e. The van der Waals surface area contributed by atoms with E-state index in [0.717, 1.165) is 12.0 Å². The van der Waals surface area contributed by atoms with E-state index < -0.39 is 5.25 Å². The molecule has 2 aromatic rings. The van der Waals surface area contributed by atoms with Gasteiger partial charge in [0.25, 0.3) is 0 Å². The van der Waals surface area contributed by atoms with Gasteiger partial charge in [0.05, 0.1) is 0 Å². The topological polar surface area (TPSA) is 70.6 Å². The SMILES string of the molecule is Cc1ccc(NC(=O)C[C@@H]2SC(=NCCc3ccccc3)NC2=O)cc1Cl. The number of amidine groups is 1. The fourth-order valence-electron chi connectivity index (χ4n) is 2.60. The van der Waals surface area contributed by atoms with E-state index in [-0.39, 0.29) is 18.2 Å². The van der Waals surface area contributed by atoms with Crippen LogP contribution in [0.2, 0.25) is 5.02 Å². The van der Waals surface area contributed by atoms with Gasteiger partial charge >= 0.3 is 0 Å². The Morgan fingerprint density at radius 1 is 1.26 bits per heavy atom. The number of amides is 2. The van der Waals surface area contributed by atoms with Crippen LogP contribution in [0.5, 0.6) is 0 Å². The van der Waals surface area contributed by atoms with Crippen molar-refractivity contribution < 1.29 is 9.59 Å². The molecule has 2 aromatic carbocycles. The smallest absolute Gasteiger partial charge is 0.240 e. The average molecular weight is 402 g/mol. The van der Waals surface area contributed by atoms with E-state index in [4.69, 9.17) is 11.6 Å². The molecule has 7 heteroatoms. The van der Waals surface area contributed by atoms with Crippen LogP contribution >= 0.6 is 23.4 Å². The molecule has 0 aromatic heterocycles. The number of rotatable bonds is 6. The third kappa shape index (κ3) is 5.58. The highest BCUT2D eigenvalue weighted by Gasteiger charge is 2.31. The Morgan fingerprint density at radius 2 is 2.04 bits per heavy atom. The molecule has 0 saturated carbocycles. The molecule has 1 heterocycles. The lowest BCUT2D eigenvalue weighted by molar-refractivity contribution is -0.122. The lowest BCUT2D eigenvalue weighted by Crippen LogP contribution is -2.28. The number of nitrogens with zero attached hydrogens (tertiary/aromatic N) is 1. The van der Waals surface area contributed by atoms with Crippen LogP contribution in [0.15, 0.2) is 53.5 Å². The van der Waals surface area contributed by atoms with Crippen molar-refractivity contribution in [3.8, 4) is 0 Å². The lowest BCUT2D eigenvalue weighted by Gasteiger charge is -2.08. The second kappa shape index (κ2) is 9.06. The molecule has 0 unspecified atom stereocenters. The molecule has 27 heavy (non-hydrogen) atoms. The minimum absolute atomic E-state index is 0.0830. The van der Waals surface area contributed by atoms with Crippen molar-refractivity contribution in [1.82, 2.24) is 5.32 Å². The average Bonchev–Trinajstić information content (AvgIpc) is 2.98. The summed E-state index contributed by atoms with van der Waals surface area (Å²) in [5, 5.41) is 6.23. The third-order valence-corrected chi connectivity index (χ3v) is 5.63. The van der Waals surface area contributed by atoms with Gasteiger partial charge < -0.3 is 10.6 Å². The van der Waals surface area contributed by atoms with Crippen LogP contribution in [-0.4, -0.2) is 28.8 Å². The second-order valence-electron chi connectivity index (χ2n) is 6.23. The third-order valence-electron chi connectivity index (χ3n) is 4.10. The molecule has 1 aliphatic heterocycles. The summed E-state index contributed by atoms with van der Waals surface area (Å²) in [7, 11) is 0. The first kappa shape index (κ1) is 19.5. The molecule has 3 rings (SSSR count). The van der Waals surface area contributed by atoms with Crippen LogP contribution in [0.4, 0.5) is 5.69 Å². The van der Waals surface area contributed by atoms with Crippen molar-refractivity contribution in [2.24, 2.45) is 4.99 Å². The van der Waals surface area contributed by atoms with Crippen molar-refractivity contribution >= 4 is 46.0 Å². The van der Waals surface area contributed by atoms with Crippen LogP contribution in [0.1, 0.15) is 17.5 Å². The number of aliphatic imine (C=N–C) groups is 1. The molecule has 5 nitrogen and oxygen atoms in total. The summed E-state index contributed by atoms with van der Waals surface area (Å²) in [6, 6.07) is 15.4. The zero-order valence-electron chi connectivity index (χ0n) is 14.9. The molecular formula is C20H20ClN3O2S. The molecule has 2 N–H and O–H groups in total. The lowest BCUT2D eigenvalue weighted by atomic mass is 10.2. The zero-order chi connectivity index (χ0) is 19.2. The van der Waals surface area contributed by atoms with Gasteiger partial charge in [0.1, 0.15) is 5.25 Å². The molecule has 0 bridgehead atoms. The Balaban J connectivity index is 1.50. The molecule has 0 spiro atoms. The first-order valence-corrected chi connectivity index (χ1v) is 9.89.